The second-order valence-electron chi connectivity index (χ2n) is 21.1. The summed E-state index contributed by atoms with van der Waals surface area (Å²) in [6.07, 6.45) is 10.1. The van der Waals surface area contributed by atoms with Crippen LogP contribution >= 0.6 is 11.6 Å². The van der Waals surface area contributed by atoms with E-state index in [-0.39, 0.29) is 30.1 Å². The number of methoxy groups -OCH3 is 2. The number of hydrogen-bond acceptors (Lipinski definition) is 18. The van der Waals surface area contributed by atoms with Crippen LogP contribution in [-0.2, 0) is 28.4 Å². The van der Waals surface area contributed by atoms with Gasteiger partial charge >= 0.3 is 7.12 Å². The smallest absolute Gasteiger partial charge is 0.495 e. The summed E-state index contributed by atoms with van der Waals surface area (Å²) in [5, 5.41) is 6.01. The standard InChI is InChI=1S/C24H28N6O3.C18H22ClN5O2.C12H18BNO3/c1-24(2,3)23(31)28-20-6-5-16(14-26-20)22-27-19(17-11-18(32-4)15-25-13-17)12-21(29-22)30-7-9-33-10-8-30;1-18(2,3)17(25)22-14-5-4-12(11-20-14)16-21-13(19)10-15(23-16)24-6-8-26-9-7-24;1-11(2)12(3,4)17-13(16-11)9-6-10(15-5)8-14-7-9/h5-6,11-15H,7-10H2,1-4H3,(H,26,28,31);4-5,10-11H,6-9H2,1-3H3,(H,20,22,25);6-8H,1-5H3. The molecule has 0 aliphatic carbocycles. The summed E-state index contributed by atoms with van der Waals surface area (Å²) in [7, 11) is 2.84. The third-order valence-corrected chi connectivity index (χ3v) is 12.9. The zero-order chi connectivity index (χ0) is 54.8. The van der Waals surface area contributed by atoms with Crippen molar-refractivity contribution in [2.45, 2.75) is 80.4 Å². The first-order valence-electron chi connectivity index (χ1n) is 25.0. The molecule has 6 aromatic heterocycles. The summed E-state index contributed by atoms with van der Waals surface area (Å²) in [6, 6.07) is 14.7. The maximum Gasteiger partial charge on any atom is 0.496 e. The molecule has 9 heterocycles. The van der Waals surface area contributed by atoms with Crippen molar-refractivity contribution < 1.29 is 37.8 Å². The zero-order valence-corrected chi connectivity index (χ0v) is 46.2. The highest BCUT2D eigenvalue weighted by atomic mass is 35.5. The van der Waals surface area contributed by atoms with E-state index in [4.69, 9.17) is 49.8 Å². The van der Waals surface area contributed by atoms with Crippen LogP contribution in [0.1, 0.15) is 69.2 Å². The molecule has 0 unspecified atom stereocenters. The molecule has 0 atom stereocenters. The number of rotatable bonds is 10. The van der Waals surface area contributed by atoms with Gasteiger partial charge in [-0.15, -0.1) is 0 Å². The van der Waals surface area contributed by atoms with E-state index in [0.717, 1.165) is 65.7 Å². The summed E-state index contributed by atoms with van der Waals surface area (Å²) in [5.41, 5.74) is 2.27. The van der Waals surface area contributed by atoms with E-state index in [9.17, 15) is 9.59 Å². The van der Waals surface area contributed by atoms with Crippen LogP contribution < -0.4 is 35.4 Å². The maximum absolute atomic E-state index is 12.3. The highest BCUT2D eigenvalue weighted by molar-refractivity contribution is 6.62. The summed E-state index contributed by atoms with van der Waals surface area (Å²) in [6.45, 7) is 24.9. The third kappa shape index (κ3) is 14.9. The molecule has 22 heteroatoms. The van der Waals surface area contributed by atoms with Gasteiger partial charge in [0, 0.05) is 96.1 Å². The SMILES string of the molecule is CC(C)(C)C(=O)Nc1ccc(-c2nc(Cl)cc(N3CCOCC3)n2)cn1.COc1cncc(-c2cc(N3CCOCC3)nc(-c3ccc(NC(=O)C(C)(C)C)nc3)n2)c1.COc1cncc(B2OC(C)(C)C(C)(C)O2)c1. The largest absolute Gasteiger partial charge is 0.496 e. The molecular weight excluding hydrogens is 991 g/mol. The van der Waals surface area contributed by atoms with Gasteiger partial charge in [-0.05, 0) is 64.1 Å². The lowest BCUT2D eigenvalue weighted by molar-refractivity contribution is -0.123. The highest BCUT2D eigenvalue weighted by Gasteiger charge is 2.52. The predicted octanol–water partition coefficient (Wildman–Crippen LogP) is 7.83. The van der Waals surface area contributed by atoms with Gasteiger partial charge in [0.05, 0.1) is 69.9 Å². The van der Waals surface area contributed by atoms with Crippen LogP contribution in [-0.4, -0.2) is 137 Å². The van der Waals surface area contributed by atoms with Gasteiger partial charge in [-0.25, -0.2) is 29.9 Å². The first-order chi connectivity index (χ1) is 36.0. The van der Waals surface area contributed by atoms with Crippen LogP contribution in [0.3, 0.4) is 0 Å². The molecule has 20 nitrogen and oxygen atoms in total. The summed E-state index contributed by atoms with van der Waals surface area (Å²) >= 11 is 6.18. The van der Waals surface area contributed by atoms with E-state index in [1.807, 2.05) is 99.6 Å². The molecule has 3 aliphatic rings. The number of halogens is 1. The molecule has 3 saturated heterocycles. The van der Waals surface area contributed by atoms with Crippen LogP contribution in [0.2, 0.25) is 5.15 Å². The van der Waals surface area contributed by atoms with E-state index in [0.29, 0.717) is 66.4 Å². The number of carbonyl (C=O) groups excluding carboxylic acids is 2. The summed E-state index contributed by atoms with van der Waals surface area (Å²) in [4.78, 5) is 64.2. The fourth-order valence-corrected chi connectivity index (χ4v) is 7.47. The minimum Gasteiger partial charge on any atom is -0.495 e. The average molecular weight is 1060 g/mol. The second kappa shape index (κ2) is 24.4. The Morgan fingerprint density at radius 1 is 0.592 bits per heavy atom. The van der Waals surface area contributed by atoms with Crippen molar-refractivity contribution >= 4 is 59.3 Å². The van der Waals surface area contributed by atoms with Crippen molar-refractivity contribution in [3.63, 3.8) is 0 Å². The molecular formula is C54H68BClN12O8. The maximum atomic E-state index is 12.3. The third-order valence-electron chi connectivity index (χ3n) is 12.7. The Hall–Kier alpha value is -6.91. The number of hydrogen-bond donors (Lipinski definition) is 2. The van der Waals surface area contributed by atoms with Crippen LogP contribution in [0, 0.1) is 10.8 Å². The average Bonchev–Trinajstić information content (AvgIpc) is 3.65. The van der Waals surface area contributed by atoms with E-state index < -0.39 is 10.8 Å². The number of carbonyl (C=O) groups is 2. The Kier molecular flexibility index (Phi) is 18.2. The zero-order valence-electron chi connectivity index (χ0n) is 45.4. The van der Waals surface area contributed by atoms with Crippen LogP contribution in [0.15, 0.2) is 85.7 Å². The number of anilines is 4. The molecule has 2 amide bonds. The number of morpholine rings is 2. The number of nitrogens with zero attached hydrogens (tertiary/aromatic N) is 10. The van der Waals surface area contributed by atoms with E-state index >= 15 is 0 Å². The molecule has 3 fully saturated rings. The van der Waals surface area contributed by atoms with Gasteiger partial charge in [0.15, 0.2) is 11.6 Å². The topological polar surface area (TPSA) is 223 Å². The number of pyridine rings is 4. The van der Waals surface area contributed by atoms with Crippen LogP contribution in [0.5, 0.6) is 11.5 Å². The van der Waals surface area contributed by atoms with Gasteiger partial charge in [0.2, 0.25) is 11.8 Å². The molecule has 2 N–H and O–H groups in total. The summed E-state index contributed by atoms with van der Waals surface area (Å²) < 4.78 is 33.2. The van der Waals surface area contributed by atoms with Gasteiger partial charge < -0.3 is 48.7 Å². The Bertz CT molecular complexity index is 2910. The normalized spacial score (nSPS) is 16.1. The Morgan fingerprint density at radius 2 is 1.05 bits per heavy atom. The van der Waals surface area contributed by atoms with Gasteiger partial charge in [-0.3, -0.25) is 19.6 Å². The van der Waals surface area contributed by atoms with Crippen molar-refractivity contribution in [1.29, 1.82) is 0 Å². The first kappa shape index (κ1) is 56.8. The number of ether oxygens (including phenoxy) is 4. The molecule has 76 heavy (non-hydrogen) atoms. The van der Waals surface area contributed by atoms with Crippen molar-refractivity contribution in [3.8, 4) is 45.5 Å². The Balaban J connectivity index is 0.000000174. The van der Waals surface area contributed by atoms with E-state index in [2.05, 4.69) is 50.3 Å². The predicted molar refractivity (Wildman–Crippen MR) is 294 cm³/mol. The van der Waals surface area contributed by atoms with Crippen molar-refractivity contribution in [2.75, 3.05) is 87.3 Å². The minimum absolute atomic E-state index is 0.0913. The van der Waals surface area contributed by atoms with Gasteiger partial charge in [-0.1, -0.05) is 53.1 Å². The lowest BCUT2D eigenvalue weighted by atomic mass is 9.80. The lowest BCUT2D eigenvalue weighted by Crippen LogP contribution is -2.41. The van der Waals surface area contributed by atoms with E-state index in [1.165, 1.54) is 0 Å². The molecule has 0 aromatic carbocycles. The molecule has 0 spiro atoms. The number of nitrogens with one attached hydrogen (secondary N) is 2. The number of amides is 2. The Labute approximate surface area is 450 Å². The first-order valence-corrected chi connectivity index (χ1v) is 25.4. The van der Waals surface area contributed by atoms with Crippen molar-refractivity contribution in [1.82, 2.24) is 39.9 Å². The minimum atomic E-state index is -0.504. The monoisotopic (exact) mass is 1060 g/mol. The molecule has 0 saturated carbocycles. The molecule has 9 rings (SSSR count). The molecule has 0 bridgehead atoms. The van der Waals surface area contributed by atoms with Gasteiger partial charge in [-0.2, -0.15) is 0 Å². The molecule has 6 aromatic rings. The lowest BCUT2D eigenvalue weighted by Gasteiger charge is -2.32. The van der Waals surface area contributed by atoms with Gasteiger partial charge in [0.1, 0.15) is 39.9 Å². The quantitative estimate of drug-likeness (QED) is 0.0985. The molecule has 3 aliphatic heterocycles. The number of aromatic nitrogens is 8. The van der Waals surface area contributed by atoms with Crippen molar-refractivity contribution in [3.05, 3.63) is 90.9 Å². The molecule has 0 radical (unpaired) electrons. The van der Waals surface area contributed by atoms with Crippen molar-refractivity contribution in [2.24, 2.45) is 10.8 Å². The Morgan fingerprint density at radius 3 is 1.51 bits per heavy atom. The van der Waals surface area contributed by atoms with Gasteiger partial charge in [0.25, 0.3) is 0 Å². The fraction of sp³-hybridized carbons (Fsp3) is 0.444. The fourth-order valence-electron chi connectivity index (χ4n) is 7.29. The highest BCUT2D eigenvalue weighted by Crippen LogP contribution is 2.37. The summed E-state index contributed by atoms with van der Waals surface area (Å²) in [5.74, 6) is 4.77. The second-order valence-corrected chi connectivity index (χ2v) is 21.5. The van der Waals surface area contributed by atoms with Crippen LogP contribution in [0.4, 0.5) is 23.3 Å². The van der Waals surface area contributed by atoms with E-state index in [1.54, 1.807) is 69.6 Å². The molecule has 402 valence electrons. The van der Waals surface area contributed by atoms with Crippen LogP contribution in [0.25, 0.3) is 34.0 Å².